The second-order valence-corrected chi connectivity index (χ2v) is 7.93. The highest BCUT2D eigenvalue weighted by Crippen LogP contribution is 2.31. The van der Waals surface area contributed by atoms with Crippen LogP contribution in [0, 0.1) is 6.92 Å². The molecule has 2 N–H and O–H groups in total. The second kappa shape index (κ2) is 7.96. The number of aromatic nitrogens is 1. The molecular weight excluding hydrogens is 398 g/mol. The lowest BCUT2D eigenvalue weighted by Crippen LogP contribution is -2.37. The molecule has 0 aliphatic heterocycles. The first kappa shape index (κ1) is 19.6. The number of hydrogen-bond acceptors (Lipinski definition) is 5. The monoisotopic (exact) mass is 417 g/mol. The van der Waals surface area contributed by atoms with Crippen LogP contribution < -0.4 is 10.2 Å². The summed E-state index contributed by atoms with van der Waals surface area (Å²) in [6.07, 6.45) is 0. The van der Waals surface area contributed by atoms with Gasteiger partial charge < -0.3 is 15.3 Å². The Kier molecular flexibility index (Phi) is 5.20. The van der Waals surface area contributed by atoms with Gasteiger partial charge in [-0.05, 0) is 73.2 Å². The van der Waals surface area contributed by atoms with E-state index in [2.05, 4.69) is 23.3 Å². The van der Waals surface area contributed by atoms with Crippen LogP contribution in [-0.4, -0.2) is 29.0 Å². The van der Waals surface area contributed by atoms with Gasteiger partial charge in [0.1, 0.15) is 10.8 Å². The summed E-state index contributed by atoms with van der Waals surface area (Å²) in [4.78, 5) is 30.6. The summed E-state index contributed by atoms with van der Waals surface area (Å²) in [7, 11) is 1.51. The number of carbonyl (C=O) groups is 2. The highest BCUT2D eigenvalue weighted by molar-refractivity contribution is 7.21. The highest BCUT2D eigenvalue weighted by Gasteiger charge is 2.20. The minimum Gasteiger partial charge on any atom is -0.508 e. The Labute approximate surface area is 177 Å². The van der Waals surface area contributed by atoms with Gasteiger partial charge in [0.05, 0.1) is 10.2 Å². The maximum Gasteiger partial charge on any atom is 0.316 e. The van der Waals surface area contributed by atoms with E-state index >= 15 is 0 Å². The zero-order valence-electron chi connectivity index (χ0n) is 16.4. The quantitative estimate of drug-likeness (QED) is 0.478. The van der Waals surface area contributed by atoms with Gasteiger partial charge in [-0.3, -0.25) is 9.59 Å². The molecule has 4 aromatic rings. The molecule has 0 aliphatic carbocycles. The summed E-state index contributed by atoms with van der Waals surface area (Å²) < 4.78 is 1.13. The summed E-state index contributed by atoms with van der Waals surface area (Å²) in [6.45, 7) is 2.05. The van der Waals surface area contributed by atoms with Crippen LogP contribution in [0.4, 0.5) is 11.4 Å². The van der Waals surface area contributed by atoms with E-state index in [0.717, 1.165) is 20.8 Å². The molecule has 6 nitrogen and oxygen atoms in total. The average Bonchev–Trinajstić information content (AvgIpc) is 3.17. The lowest BCUT2D eigenvalue weighted by atomic mass is 10.2. The van der Waals surface area contributed by atoms with Gasteiger partial charge in [-0.1, -0.05) is 6.07 Å². The number of anilines is 2. The van der Waals surface area contributed by atoms with Crippen LogP contribution in [-0.2, 0) is 9.59 Å². The predicted octanol–water partition coefficient (Wildman–Crippen LogP) is 4.58. The topological polar surface area (TPSA) is 82.5 Å². The maximum absolute atomic E-state index is 12.4. The Hall–Kier alpha value is -3.71. The lowest BCUT2D eigenvalue weighted by molar-refractivity contribution is -0.134. The number of amides is 2. The fraction of sp³-hybridized carbons (Fsp3) is 0.0870. The van der Waals surface area contributed by atoms with Gasteiger partial charge in [-0.15, -0.1) is 11.3 Å². The van der Waals surface area contributed by atoms with Crippen molar-refractivity contribution < 1.29 is 14.7 Å². The Morgan fingerprint density at radius 3 is 2.40 bits per heavy atom. The molecule has 1 aromatic heterocycles. The predicted molar refractivity (Wildman–Crippen MR) is 120 cm³/mol. The first-order valence-corrected chi connectivity index (χ1v) is 10.1. The van der Waals surface area contributed by atoms with E-state index in [0.29, 0.717) is 11.4 Å². The van der Waals surface area contributed by atoms with Crippen molar-refractivity contribution in [2.24, 2.45) is 0 Å². The second-order valence-electron chi connectivity index (χ2n) is 6.90. The molecule has 7 heteroatoms. The van der Waals surface area contributed by atoms with Gasteiger partial charge in [0.15, 0.2) is 0 Å². The molecule has 0 spiro atoms. The minimum absolute atomic E-state index is 0.0902. The Bertz CT molecular complexity index is 1230. The zero-order valence-corrected chi connectivity index (χ0v) is 17.2. The number of phenols is 1. The normalized spacial score (nSPS) is 10.7. The number of carbonyl (C=O) groups excluding carboxylic acids is 2. The molecule has 150 valence electrons. The summed E-state index contributed by atoms with van der Waals surface area (Å²) in [6, 6.07) is 19.4. The van der Waals surface area contributed by atoms with Crippen LogP contribution >= 0.6 is 11.3 Å². The van der Waals surface area contributed by atoms with Crippen LogP contribution in [0.1, 0.15) is 5.56 Å². The van der Waals surface area contributed by atoms with Crippen molar-refractivity contribution >= 4 is 44.7 Å². The van der Waals surface area contributed by atoms with Crippen LogP contribution in [0.5, 0.6) is 5.75 Å². The SMILES string of the molecule is Cc1ccc2nc(-c3ccc(NC(=O)C(=O)N(C)c4ccc(O)cc4)cc3)sc2c1. The smallest absolute Gasteiger partial charge is 0.316 e. The number of thiazole rings is 1. The molecule has 4 rings (SSSR count). The third kappa shape index (κ3) is 4.01. The summed E-state index contributed by atoms with van der Waals surface area (Å²) in [5.41, 5.74) is 4.13. The number of nitrogens with one attached hydrogen (secondary N) is 1. The number of aromatic hydroxyl groups is 1. The lowest BCUT2D eigenvalue weighted by Gasteiger charge is -2.16. The van der Waals surface area contributed by atoms with Gasteiger partial charge in [0.25, 0.3) is 0 Å². The number of hydrogen-bond donors (Lipinski definition) is 2. The van der Waals surface area contributed by atoms with Crippen molar-refractivity contribution in [3.05, 3.63) is 72.3 Å². The van der Waals surface area contributed by atoms with Gasteiger partial charge in [-0.2, -0.15) is 0 Å². The van der Waals surface area contributed by atoms with Gasteiger partial charge in [-0.25, -0.2) is 4.98 Å². The number of fused-ring (bicyclic) bond motifs is 1. The van der Waals surface area contributed by atoms with Crippen molar-refractivity contribution in [2.75, 3.05) is 17.3 Å². The van der Waals surface area contributed by atoms with Crippen LogP contribution in [0.25, 0.3) is 20.8 Å². The molecule has 3 aromatic carbocycles. The van der Waals surface area contributed by atoms with Crippen molar-refractivity contribution in [3.8, 4) is 16.3 Å². The van der Waals surface area contributed by atoms with Crippen molar-refractivity contribution in [1.82, 2.24) is 4.98 Å². The van der Waals surface area contributed by atoms with Gasteiger partial charge >= 0.3 is 11.8 Å². The summed E-state index contributed by atoms with van der Waals surface area (Å²) >= 11 is 1.61. The van der Waals surface area contributed by atoms with Gasteiger partial charge in [0, 0.05) is 24.0 Å². The van der Waals surface area contributed by atoms with E-state index < -0.39 is 11.8 Å². The Morgan fingerprint density at radius 1 is 1.00 bits per heavy atom. The molecule has 0 fully saturated rings. The molecule has 30 heavy (non-hydrogen) atoms. The van der Waals surface area contributed by atoms with E-state index in [9.17, 15) is 14.7 Å². The molecule has 0 radical (unpaired) electrons. The highest BCUT2D eigenvalue weighted by atomic mass is 32.1. The molecule has 0 unspecified atom stereocenters. The average molecular weight is 417 g/mol. The molecule has 0 saturated heterocycles. The zero-order chi connectivity index (χ0) is 21.3. The molecule has 0 bridgehead atoms. The molecule has 1 heterocycles. The largest absolute Gasteiger partial charge is 0.508 e. The number of aryl methyl sites for hydroxylation is 1. The number of likely N-dealkylation sites (N-methyl/N-ethyl adjacent to an activating group) is 1. The molecule has 2 amide bonds. The van der Waals surface area contributed by atoms with Gasteiger partial charge in [0.2, 0.25) is 0 Å². The first-order valence-electron chi connectivity index (χ1n) is 9.26. The number of rotatable bonds is 3. The van der Waals surface area contributed by atoms with E-state index in [-0.39, 0.29) is 5.75 Å². The fourth-order valence-corrected chi connectivity index (χ4v) is 4.05. The van der Waals surface area contributed by atoms with E-state index in [4.69, 9.17) is 0 Å². The van der Waals surface area contributed by atoms with Crippen molar-refractivity contribution in [3.63, 3.8) is 0 Å². The van der Waals surface area contributed by atoms with E-state index in [1.807, 2.05) is 24.3 Å². The third-order valence-electron chi connectivity index (χ3n) is 4.67. The maximum atomic E-state index is 12.4. The fourth-order valence-electron chi connectivity index (χ4n) is 2.98. The van der Waals surface area contributed by atoms with Crippen molar-refractivity contribution in [1.29, 1.82) is 0 Å². The number of nitrogens with zero attached hydrogens (tertiary/aromatic N) is 2. The van der Waals surface area contributed by atoms with E-state index in [1.165, 1.54) is 29.6 Å². The Morgan fingerprint density at radius 2 is 1.70 bits per heavy atom. The summed E-state index contributed by atoms with van der Waals surface area (Å²) in [5.74, 6) is -1.35. The molecule has 0 atom stereocenters. The third-order valence-corrected chi connectivity index (χ3v) is 5.74. The first-order chi connectivity index (χ1) is 14.4. The van der Waals surface area contributed by atoms with E-state index in [1.54, 1.807) is 35.6 Å². The Balaban J connectivity index is 1.46. The standard InChI is InChI=1S/C23H19N3O3S/c1-14-3-12-19-20(13-14)30-22(25-19)15-4-6-16(7-5-15)24-21(28)23(29)26(2)17-8-10-18(27)11-9-17/h3-13,27H,1-2H3,(H,24,28). The molecule has 0 saturated carbocycles. The number of benzene rings is 3. The van der Waals surface area contributed by atoms with Crippen LogP contribution in [0.3, 0.4) is 0 Å². The summed E-state index contributed by atoms with van der Waals surface area (Å²) in [5, 5.41) is 12.9. The molecular formula is C23H19N3O3S. The van der Waals surface area contributed by atoms with Crippen LogP contribution in [0.15, 0.2) is 66.7 Å². The van der Waals surface area contributed by atoms with Crippen LogP contribution in [0.2, 0.25) is 0 Å². The number of phenolic OH excluding ortho intramolecular Hbond substituents is 1. The van der Waals surface area contributed by atoms with Crippen molar-refractivity contribution in [2.45, 2.75) is 6.92 Å². The molecule has 0 aliphatic rings. The minimum atomic E-state index is -0.742.